The van der Waals surface area contributed by atoms with Gasteiger partial charge in [-0.1, -0.05) is 133 Å². The number of nitrogens with zero attached hydrogens (tertiary/aromatic N) is 2. The lowest BCUT2D eigenvalue weighted by atomic mass is 9.96. The molecule has 4 aromatic heterocycles. The number of para-hydroxylation sites is 2. The van der Waals surface area contributed by atoms with Crippen LogP contribution in [0.25, 0.3) is 114 Å². The van der Waals surface area contributed by atoms with E-state index < -0.39 is 0 Å². The van der Waals surface area contributed by atoms with E-state index in [4.69, 9.17) is 9.40 Å². The lowest BCUT2D eigenvalue weighted by molar-refractivity contribution is 0.669. The Labute approximate surface area is 332 Å². The van der Waals surface area contributed by atoms with Crippen molar-refractivity contribution in [3.8, 4) is 50.5 Å². The molecule has 3 nitrogen and oxygen atoms in total. The van der Waals surface area contributed by atoms with Gasteiger partial charge in [0.2, 0.25) is 0 Å². The monoisotopic (exact) mass is 744 g/mol. The second-order valence-corrected chi connectivity index (χ2v) is 15.7. The Morgan fingerprint density at radius 2 is 1.09 bits per heavy atom. The standard InChI is InChI=1S/C53H32N2OS/c1-2-13-33(14-3-1)34-15-10-17-36(29-34)44-31-37(32-45(54-44)41-22-12-25-49-51(41)43-21-5-8-24-48(43)56-49)35-16-11-18-38(30-35)55-46-23-7-4-20-42(46)52-47(55)28-27-40-39-19-6-9-26-50(39)57-53(40)52/h1-32H. The Morgan fingerprint density at radius 3 is 2.00 bits per heavy atom. The summed E-state index contributed by atoms with van der Waals surface area (Å²) < 4.78 is 11.4. The second kappa shape index (κ2) is 12.6. The molecule has 0 unspecified atom stereocenters. The number of pyridine rings is 1. The fraction of sp³-hybridized carbons (Fsp3) is 0. The van der Waals surface area contributed by atoms with Gasteiger partial charge in [0.05, 0.1) is 22.4 Å². The predicted molar refractivity (Wildman–Crippen MR) is 240 cm³/mol. The van der Waals surface area contributed by atoms with Gasteiger partial charge in [-0.15, -0.1) is 11.3 Å². The molecule has 266 valence electrons. The zero-order valence-electron chi connectivity index (χ0n) is 30.7. The van der Waals surface area contributed by atoms with Gasteiger partial charge in [0.25, 0.3) is 0 Å². The average Bonchev–Trinajstić information content (AvgIpc) is 3.96. The Morgan fingerprint density at radius 1 is 0.404 bits per heavy atom. The van der Waals surface area contributed by atoms with Gasteiger partial charge in [-0.3, -0.25) is 0 Å². The molecule has 12 aromatic rings. The highest BCUT2D eigenvalue weighted by atomic mass is 32.1. The number of furan rings is 1. The van der Waals surface area contributed by atoms with Crippen LogP contribution in [0.15, 0.2) is 199 Å². The van der Waals surface area contributed by atoms with Crippen molar-refractivity contribution in [2.75, 3.05) is 0 Å². The lowest BCUT2D eigenvalue weighted by Crippen LogP contribution is -1.95. The fourth-order valence-electron chi connectivity index (χ4n) is 8.80. The van der Waals surface area contributed by atoms with Crippen LogP contribution in [0.3, 0.4) is 0 Å². The Bertz CT molecular complexity index is 3530. The topological polar surface area (TPSA) is 31.0 Å². The van der Waals surface area contributed by atoms with Crippen LogP contribution in [0.5, 0.6) is 0 Å². The zero-order valence-corrected chi connectivity index (χ0v) is 31.5. The molecule has 0 bridgehead atoms. The molecule has 8 aromatic carbocycles. The number of thiophene rings is 1. The van der Waals surface area contributed by atoms with Crippen molar-refractivity contribution in [3.05, 3.63) is 194 Å². The minimum Gasteiger partial charge on any atom is -0.456 e. The van der Waals surface area contributed by atoms with Crippen LogP contribution >= 0.6 is 11.3 Å². The molecule has 4 heteroatoms. The number of benzene rings is 8. The molecule has 0 N–H and O–H groups in total. The van der Waals surface area contributed by atoms with E-state index >= 15 is 0 Å². The molecule has 0 amide bonds. The van der Waals surface area contributed by atoms with Crippen molar-refractivity contribution >= 4 is 75.3 Å². The first-order valence-electron chi connectivity index (χ1n) is 19.3. The van der Waals surface area contributed by atoms with E-state index in [9.17, 15) is 0 Å². The number of rotatable bonds is 5. The largest absolute Gasteiger partial charge is 0.456 e. The summed E-state index contributed by atoms with van der Waals surface area (Å²) in [4.78, 5) is 5.43. The van der Waals surface area contributed by atoms with Crippen LogP contribution in [-0.4, -0.2) is 9.55 Å². The van der Waals surface area contributed by atoms with Crippen molar-refractivity contribution in [1.82, 2.24) is 9.55 Å². The van der Waals surface area contributed by atoms with Gasteiger partial charge < -0.3 is 8.98 Å². The first kappa shape index (κ1) is 32.0. The van der Waals surface area contributed by atoms with Crippen LogP contribution in [0, 0.1) is 0 Å². The zero-order chi connectivity index (χ0) is 37.5. The van der Waals surface area contributed by atoms with E-state index in [0.29, 0.717) is 0 Å². The molecule has 0 radical (unpaired) electrons. The highest BCUT2D eigenvalue weighted by molar-refractivity contribution is 7.26. The van der Waals surface area contributed by atoms with Crippen LogP contribution in [0.4, 0.5) is 0 Å². The third-order valence-electron chi connectivity index (χ3n) is 11.4. The highest BCUT2D eigenvalue weighted by Gasteiger charge is 2.19. The maximum atomic E-state index is 6.35. The van der Waals surface area contributed by atoms with E-state index in [1.54, 1.807) is 0 Å². The number of hydrogen-bond donors (Lipinski definition) is 0. The van der Waals surface area contributed by atoms with Crippen LogP contribution in [0.2, 0.25) is 0 Å². The summed E-state index contributed by atoms with van der Waals surface area (Å²) in [7, 11) is 0. The summed E-state index contributed by atoms with van der Waals surface area (Å²) in [5, 5.41) is 7.37. The molecule has 0 aliphatic rings. The first-order valence-corrected chi connectivity index (χ1v) is 20.1. The van der Waals surface area contributed by atoms with Gasteiger partial charge in [-0.2, -0.15) is 0 Å². The van der Waals surface area contributed by atoms with E-state index in [2.05, 4.69) is 187 Å². The quantitative estimate of drug-likeness (QED) is 0.176. The maximum absolute atomic E-state index is 6.35. The van der Waals surface area contributed by atoms with Crippen molar-refractivity contribution in [1.29, 1.82) is 0 Å². The van der Waals surface area contributed by atoms with Gasteiger partial charge in [-0.05, 0) is 82.9 Å². The minimum atomic E-state index is 0.856. The maximum Gasteiger partial charge on any atom is 0.136 e. The number of aromatic nitrogens is 2. The minimum absolute atomic E-state index is 0.856. The number of hydrogen-bond acceptors (Lipinski definition) is 3. The molecule has 0 fully saturated rings. The van der Waals surface area contributed by atoms with E-state index in [1.807, 2.05) is 23.5 Å². The summed E-state index contributed by atoms with van der Waals surface area (Å²) in [5.41, 5.74) is 13.7. The molecule has 0 atom stereocenters. The Balaban J connectivity index is 1.08. The third kappa shape index (κ3) is 5.08. The normalized spacial score (nSPS) is 11.9. The van der Waals surface area contributed by atoms with Gasteiger partial charge >= 0.3 is 0 Å². The predicted octanol–water partition coefficient (Wildman–Crippen LogP) is 15.1. The van der Waals surface area contributed by atoms with Gasteiger partial charge in [-0.25, -0.2) is 4.98 Å². The first-order chi connectivity index (χ1) is 28.2. The average molecular weight is 745 g/mol. The second-order valence-electron chi connectivity index (χ2n) is 14.7. The summed E-state index contributed by atoms with van der Waals surface area (Å²) in [6, 6.07) is 69.5. The van der Waals surface area contributed by atoms with E-state index in [1.165, 1.54) is 47.5 Å². The third-order valence-corrected chi connectivity index (χ3v) is 12.6. The van der Waals surface area contributed by atoms with Crippen molar-refractivity contribution < 1.29 is 4.42 Å². The number of fused-ring (bicyclic) bond motifs is 10. The molecule has 0 aliphatic heterocycles. The highest BCUT2D eigenvalue weighted by Crippen LogP contribution is 2.44. The van der Waals surface area contributed by atoms with Crippen LogP contribution in [-0.2, 0) is 0 Å². The molecule has 0 aliphatic carbocycles. The van der Waals surface area contributed by atoms with Crippen LogP contribution < -0.4 is 0 Å². The smallest absolute Gasteiger partial charge is 0.136 e. The molecule has 57 heavy (non-hydrogen) atoms. The molecule has 4 heterocycles. The van der Waals surface area contributed by atoms with Crippen molar-refractivity contribution in [3.63, 3.8) is 0 Å². The van der Waals surface area contributed by atoms with Gasteiger partial charge in [0.15, 0.2) is 0 Å². The van der Waals surface area contributed by atoms with Gasteiger partial charge in [0, 0.05) is 58.5 Å². The summed E-state index contributed by atoms with van der Waals surface area (Å²) in [6.07, 6.45) is 0. The summed E-state index contributed by atoms with van der Waals surface area (Å²) in [6.45, 7) is 0. The molecular weight excluding hydrogens is 713 g/mol. The Hall–Kier alpha value is -7.27. The molecule has 12 rings (SSSR count). The summed E-state index contributed by atoms with van der Waals surface area (Å²) in [5.74, 6) is 0. The lowest BCUT2D eigenvalue weighted by Gasteiger charge is -2.14. The molecule has 0 saturated heterocycles. The van der Waals surface area contributed by atoms with Crippen molar-refractivity contribution in [2.24, 2.45) is 0 Å². The van der Waals surface area contributed by atoms with E-state index in [-0.39, 0.29) is 0 Å². The summed E-state index contributed by atoms with van der Waals surface area (Å²) >= 11 is 1.89. The SMILES string of the molecule is c1ccc(-c2cccc(-c3cc(-c4cccc(-n5c6ccccc6c6c7sc8ccccc8c7ccc65)c4)cc(-c4cccc5oc6ccccc6c45)n3)c2)cc1. The Kier molecular flexibility index (Phi) is 7.10. The molecular formula is C53H32N2OS. The van der Waals surface area contributed by atoms with Crippen LogP contribution in [0.1, 0.15) is 0 Å². The van der Waals surface area contributed by atoms with E-state index in [0.717, 1.165) is 66.8 Å². The van der Waals surface area contributed by atoms with Crippen molar-refractivity contribution in [2.45, 2.75) is 0 Å². The molecule has 0 saturated carbocycles. The van der Waals surface area contributed by atoms with Gasteiger partial charge in [0.1, 0.15) is 11.2 Å². The molecule has 0 spiro atoms. The fourth-order valence-corrected chi connectivity index (χ4v) is 10.1.